The second kappa shape index (κ2) is 4.11. The van der Waals surface area contributed by atoms with Gasteiger partial charge in [0.15, 0.2) is 0 Å². The van der Waals surface area contributed by atoms with Crippen molar-refractivity contribution in [3.05, 3.63) is 18.7 Å². The lowest BCUT2D eigenvalue weighted by molar-refractivity contribution is -0.0680. The molecule has 0 saturated carbocycles. The maximum Gasteiger partial charge on any atom is 0.0945 e. The van der Waals surface area contributed by atoms with Gasteiger partial charge in [0.1, 0.15) is 0 Å². The summed E-state index contributed by atoms with van der Waals surface area (Å²) in [5, 5.41) is 3.22. The summed E-state index contributed by atoms with van der Waals surface area (Å²) in [6.07, 6.45) is 6.67. The first kappa shape index (κ1) is 9.68. The Kier molecular flexibility index (Phi) is 2.84. The van der Waals surface area contributed by atoms with Crippen LogP contribution in [-0.4, -0.2) is 34.8 Å². The van der Waals surface area contributed by atoms with E-state index >= 15 is 0 Å². The Morgan fingerprint density at radius 2 is 2.43 bits per heavy atom. The summed E-state index contributed by atoms with van der Waals surface area (Å²) >= 11 is 0. The van der Waals surface area contributed by atoms with Gasteiger partial charge in [0.2, 0.25) is 0 Å². The minimum atomic E-state index is 0.0922. The third-order valence-electron chi connectivity index (χ3n) is 2.57. The van der Waals surface area contributed by atoms with Gasteiger partial charge < -0.3 is 14.6 Å². The third-order valence-corrected chi connectivity index (χ3v) is 2.57. The highest BCUT2D eigenvalue weighted by molar-refractivity contribution is 4.90. The Hall–Kier alpha value is -0.870. The number of aryl methyl sites for hydroxylation is 1. The van der Waals surface area contributed by atoms with Crippen LogP contribution in [0.5, 0.6) is 0 Å². The van der Waals surface area contributed by atoms with E-state index in [1.54, 1.807) is 6.20 Å². The van der Waals surface area contributed by atoms with E-state index < -0.39 is 0 Å². The Balaban J connectivity index is 1.59. The van der Waals surface area contributed by atoms with Crippen LogP contribution in [0.3, 0.4) is 0 Å². The Morgan fingerprint density at radius 1 is 1.57 bits per heavy atom. The van der Waals surface area contributed by atoms with Crippen LogP contribution >= 0.6 is 0 Å². The molecule has 4 nitrogen and oxygen atoms in total. The molecule has 0 aromatic carbocycles. The van der Waals surface area contributed by atoms with E-state index in [-0.39, 0.29) is 5.60 Å². The van der Waals surface area contributed by atoms with Crippen molar-refractivity contribution in [1.82, 2.24) is 14.9 Å². The molecule has 0 unspecified atom stereocenters. The number of hydrogen-bond acceptors (Lipinski definition) is 3. The largest absolute Gasteiger partial charge is 0.373 e. The highest BCUT2D eigenvalue weighted by Crippen LogP contribution is 2.15. The van der Waals surface area contributed by atoms with E-state index in [0.29, 0.717) is 0 Å². The van der Waals surface area contributed by atoms with E-state index in [0.717, 1.165) is 32.7 Å². The number of imidazole rings is 1. The molecule has 1 aliphatic rings. The second-order valence-electron chi connectivity index (χ2n) is 4.06. The fourth-order valence-electron chi connectivity index (χ4n) is 1.56. The van der Waals surface area contributed by atoms with Gasteiger partial charge in [0.05, 0.1) is 11.9 Å². The van der Waals surface area contributed by atoms with Gasteiger partial charge in [-0.25, -0.2) is 4.98 Å². The van der Waals surface area contributed by atoms with Crippen LogP contribution in [0, 0.1) is 0 Å². The number of nitrogens with one attached hydrogen (secondary N) is 1. The molecule has 1 aliphatic heterocycles. The second-order valence-corrected chi connectivity index (χ2v) is 4.06. The van der Waals surface area contributed by atoms with E-state index in [4.69, 9.17) is 4.74 Å². The monoisotopic (exact) mass is 195 g/mol. The van der Waals surface area contributed by atoms with Crippen molar-refractivity contribution >= 4 is 0 Å². The summed E-state index contributed by atoms with van der Waals surface area (Å²) in [7, 11) is 0. The molecule has 14 heavy (non-hydrogen) atoms. The summed E-state index contributed by atoms with van der Waals surface area (Å²) < 4.78 is 7.84. The highest BCUT2D eigenvalue weighted by atomic mass is 16.5. The maximum absolute atomic E-state index is 5.77. The third kappa shape index (κ3) is 2.33. The number of nitrogens with zero attached hydrogens (tertiary/aromatic N) is 2. The number of hydrogen-bond donors (Lipinski definition) is 1. The zero-order chi connectivity index (χ0) is 9.86. The minimum absolute atomic E-state index is 0.0922. The van der Waals surface area contributed by atoms with Gasteiger partial charge in [0.25, 0.3) is 0 Å². The Bertz CT molecular complexity index is 267. The first-order valence-electron chi connectivity index (χ1n) is 5.09. The molecule has 0 spiro atoms. The molecule has 1 fully saturated rings. The molecule has 78 valence electrons. The summed E-state index contributed by atoms with van der Waals surface area (Å²) in [5.41, 5.74) is 0.0922. The molecule has 0 bridgehead atoms. The average molecular weight is 195 g/mol. The van der Waals surface area contributed by atoms with Crippen LogP contribution in [0.4, 0.5) is 0 Å². The smallest absolute Gasteiger partial charge is 0.0945 e. The summed E-state index contributed by atoms with van der Waals surface area (Å²) in [4.78, 5) is 3.99. The van der Waals surface area contributed by atoms with E-state index in [2.05, 4.69) is 21.8 Å². The number of aromatic nitrogens is 2. The molecular weight excluding hydrogens is 178 g/mol. The van der Waals surface area contributed by atoms with Crippen LogP contribution in [0.25, 0.3) is 0 Å². The van der Waals surface area contributed by atoms with Crippen molar-refractivity contribution in [2.75, 3.05) is 19.7 Å². The first-order chi connectivity index (χ1) is 6.79. The maximum atomic E-state index is 5.77. The van der Waals surface area contributed by atoms with Crippen molar-refractivity contribution in [2.24, 2.45) is 0 Å². The molecule has 4 heteroatoms. The molecule has 0 aliphatic carbocycles. The normalized spacial score (nSPS) is 19.2. The number of rotatable bonds is 5. The van der Waals surface area contributed by atoms with E-state index in [1.807, 2.05) is 12.5 Å². The summed E-state index contributed by atoms with van der Waals surface area (Å²) in [6.45, 7) is 5.94. The molecule has 0 radical (unpaired) electrons. The van der Waals surface area contributed by atoms with Crippen LogP contribution in [0.15, 0.2) is 18.7 Å². The lowest BCUT2D eigenvalue weighted by Crippen LogP contribution is -2.59. The summed E-state index contributed by atoms with van der Waals surface area (Å²) in [6, 6.07) is 0. The molecule has 0 atom stereocenters. The zero-order valence-electron chi connectivity index (χ0n) is 8.57. The van der Waals surface area contributed by atoms with Gasteiger partial charge in [-0.1, -0.05) is 0 Å². The predicted molar refractivity (Wildman–Crippen MR) is 54.1 cm³/mol. The number of ether oxygens (including phenoxy) is 1. The van der Waals surface area contributed by atoms with Crippen molar-refractivity contribution in [3.8, 4) is 0 Å². The van der Waals surface area contributed by atoms with Gasteiger partial charge in [-0.2, -0.15) is 0 Å². The van der Waals surface area contributed by atoms with Gasteiger partial charge >= 0.3 is 0 Å². The van der Waals surface area contributed by atoms with Crippen LogP contribution in [0.2, 0.25) is 0 Å². The van der Waals surface area contributed by atoms with Crippen molar-refractivity contribution in [2.45, 2.75) is 25.5 Å². The fraction of sp³-hybridized carbons (Fsp3) is 0.700. The topological polar surface area (TPSA) is 39.1 Å². The lowest BCUT2D eigenvalue weighted by atomic mass is 10.0. The molecule has 0 amide bonds. The van der Waals surface area contributed by atoms with Gasteiger partial charge in [-0.05, 0) is 13.3 Å². The zero-order valence-corrected chi connectivity index (χ0v) is 8.57. The van der Waals surface area contributed by atoms with Crippen LogP contribution in [0.1, 0.15) is 13.3 Å². The Labute approximate surface area is 84.3 Å². The average Bonchev–Trinajstić information content (AvgIpc) is 2.62. The molecule has 2 heterocycles. The first-order valence-corrected chi connectivity index (χ1v) is 5.09. The van der Waals surface area contributed by atoms with Gasteiger partial charge in [-0.3, -0.25) is 0 Å². The van der Waals surface area contributed by atoms with E-state index in [1.165, 1.54) is 0 Å². The van der Waals surface area contributed by atoms with Crippen molar-refractivity contribution in [3.63, 3.8) is 0 Å². The quantitative estimate of drug-likeness (QED) is 0.701. The standard InChI is InChI=1S/C10H17N3O/c1-10(7-12-8-10)14-6-2-4-13-5-3-11-9-13/h3,5,9,12H,2,4,6-8H2,1H3. The van der Waals surface area contributed by atoms with Crippen molar-refractivity contribution < 1.29 is 4.74 Å². The Morgan fingerprint density at radius 3 is 3.00 bits per heavy atom. The predicted octanol–water partition coefficient (Wildman–Crippen LogP) is 0.652. The van der Waals surface area contributed by atoms with Crippen molar-refractivity contribution in [1.29, 1.82) is 0 Å². The van der Waals surface area contributed by atoms with E-state index in [9.17, 15) is 0 Å². The summed E-state index contributed by atoms with van der Waals surface area (Å²) in [5.74, 6) is 0. The molecule has 1 aromatic heterocycles. The van der Waals surface area contributed by atoms with Gasteiger partial charge in [0, 0.05) is 38.6 Å². The molecule has 2 rings (SSSR count). The minimum Gasteiger partial charge on any atom is -0.373 e. The van der Waals surface area contributed by atoms with Gasteiger partial charge in [-0.15, -0.1) is 0 Å². The fourth-order valence-corrected chi connectivity index (χ4v) is 1.56. The van der Waals surface area contributed by atoms with Crippen LogP contribution < -0.4 is 5.32 Å². The molecule has 1 saturated heterocycles. The SMILES string of the molecule is CC1(OCCCn2ccnc2)CNC1. The highest BCUT2D eigenvalue weighted by Gasteiger charge is 2.31. The molecule has 1 N–H and O–H groups in total. The van der Waals surface area contributed by atoms with Crippen LogP contribution in [-0.2, 0) is 11.3 Å². The molecular formula is C10H17N3O. The molecule has 1 aromatic rings. The lowest BCUT2D eigenvalue weighted by Gasteiger charge is -2.39.